The number of thioether (sulfide) groups is 1. The number of nitrogens with one attached hydrogen (secondary N) is 1. The van der Waals surface area contributed by atoms with Crippen LogP contribution in [-0.4, -0.2) is 42.9 Å². The molecule has 1 atom stereocenters. The molecule has 1 amide bonds. The van der Waals surface area contributed by atoms with E-state index < -0.39 is 0 Å². The highest BCUT2D eigenvalue weighted by molar-refractivity contribution is 7.99. The highest BCUT2D eigenvalue weighted by atomic mass is 32.2. The first-order valence-electron chi connectivity index (χ1n) is 10.8. The molecule has 31 heavy (non-hydrogen) atoms. The highest BCUT2D eigenvalue weighted by Crippen LogP contribution is 2.42. The molecule has 0 spiro atoms. The molecule has 0 radical (unpaired) electrons. The van der Waals surface area contributed by atoms with Crippen LogP contribution in [0, 0.1) is 0 Å². The van der Waals surface area contributed by atoms with E-state index in [4.69, 9.17) is 0 Å². The van der Waals surface area contributed by atoms with E-state index in [1.807, 2.05) is 18.3 Å². The Bertz CT molecular complexity index is 1220. The molecule has 3 aromatic heterocycles. The van der Waals surface area contributed by atoms with Crippen molar-refractivity contribution in [3.05, 3.63) is 52.9 Å². The van der Waals surface area contributed by atoms with Gasteiger partial charge in [-0.15, -0.1) is 21.5 Å². The fourth-order valence-electron chi connectivity index (χ4n) is 4.53. The molecule has 1 N–H and O–H groups in total. The van der Waals surface area contributed by atoms with E-state index in [1.165, 1.54) is 16.6 Å². The van der Waals surface area contributed by atoms with E-state index in [0.717, 1.165) is 59.7 Å². The summed E-state index contributed by atoms with van der Waals surface area (Å²) in [7, 11) is 0. The van der Waals surface area contributed by atoms with Crippen molar-refractivity contribution in [2.45, 2.75) is 42.9 Å². The molecule has 1 unspecified atom stereocenters. The first-order valence-corrected chi connectivity index (χ1v) is 12.6. The minimum absolute atomic E-state index is 0.194. The topological polar surface area (TPSA) is 66.8 Å². The number of hydrogen-bond donors (Lipinski definition) is 1. The number of likely N-dealkylation sites (tertiary alicyclic amines) is 1. The van der Waals surface area contributed by atoms with Crippen LogP contribution >= 0.6 is 23.1 Å². The van der Waals surface area contributed by atoms with E-state index in [-0.39, 0.29) is 11.9 Å². The Labute approximate surface area is 188 Å². The fraction of sp³-hybridized carbons (Fsp3) is 0.348. The standard InChI is InChI=1S/C23H23N5OS2/c29-21(27-11-3-7-19(27)20-8-4-12-30-20)14-31-23-26-25-22(28(23)15-9-10-15)17-13-24-18-6-2-1-5-16(17)18/h1-2,4-6,8,12-13,15,19,24H,3,7,9-11,14H2. The van der Waals surface area contributed by atoms with Crippen molar-refractivity contribution < 1.29 is 4.79 Å². The molecule has 8 heteroatoms. The van der Waals surface area contributed by atoms with Crippen molar-refractivity contribution in [1.29, 1.82) is 0 Å². The van der Waals surface area contributed by atoms with Crippen LogP contribution in [0.2, 0.25) is 0 Å². The Morgan fingerprint density at radius 3 is 2.90 bits per heavy atom. The minimum Gasteiger partial charge on any atom is -0.360 e. The summed E-state index contributed by atoms with van der Waals surface area (Å²) in [5.41, 5.74) is 2.17. The lowest BCUT2D eigenvalue weighted by molar-refractivity contribution is -0.129. The van der Waals surface area contributed by atoms with Crippen LogP contribution in [0.3, 0.4) is 0 Å². The second-order valence-corrected chi connectivity index (χ2v) is 10.1. The average molecular weight is 450 g/mol. The lowest BCUT2D eigenvalue weighted by Gasteiger charge is -2.23. The maximum Gasteiger partial charge on any atom is 0.233 e. The fourth-order valence-corrected chi connectivity index (χ4v) is 6.29. The number of fused-ring (bicyclic) bond motifs is 1. The Morgan fingerprint density at radius 1 is 1.16 bits per heavy atom. The van der Waals surface area contributed by atoms with Crippen LogP contribution < -0.4 is 0 Å². The first kappa shape index (κ1) is 19.1. The Balaban J connectivity index is 1.24. The van der Waals surface area contributed by atoms with Gasteiger partial charge in [0.1, 0.15) is 0 Å². The number of carbonyl (C=O) groups is 1. The van der Waals surface area contributed by atoms with Crippen LogP contribution in [0.1, 0.15) is 42.6 Å². The van der Waals surface area contributed by atoms with Gasteiger partial charge in [-0.25, -0.2) is 0 Å². The third-order valence-corrected chi connectivity index (χ3v) is 8.08. The zero-order chi connectivity index (χ0) is 20.8. The molecule has 158 valence electrons. The second-order valence-electron chi connectivity index (χ2n) is 8.20. The van der Waals surface area contributed by atoms with Gasteiger partial charge in [-0.2, -0.15) is 0 Å². The molecule has 1 saturated carbocycles. The summed E-state index contributed by atoms with van der Waals surface area (Å²) < 4.78 is 2.24. The summed E-state index contributed by atoms with van der Waals surface area (Å²) in [4.78, 5) is 19.8. The Morgan fingerprint density at radius 2 is 2.06 bits per heavy atom. The normalized spacial score (nSPS) is 18.8. The van der Waals surface area contributed by atoms with Crippen LogP contribution in [0.15, 0.2) is 53.1 Å². The van der Waals surface area contributed by atoms with Gasteiger partial charge in [-0.05, 0) is 43.2 Å². The van der Waals surface area contributed by atoms with Gasteiger partial charge in [0, 0.05) is 40.1 Å². The SMILES string of the molecule is O=C(CSc1nnc(-c2c[nH]c3ccccc23)n1C1CC1)N1CCCC1c1cccs1. The molecule has 6 nitrogen and oxygen atoms in total. The summed E-state index contributed by atoms with van der Waals surface area (Å²) in [5.74, 6) is 1.49. The molecular weight excluding hydrogens is 426 g/mol. The summed E-state index contributed by atoms with van der Waals surface area (Å²) in [5, 5.41) is 13.1. The third kappa shape index (κ3) is 3.47. The average Bonchev–Trinajstić information content (AvgIpc) is 3.26. The van der Waals surface area contributed by atoms with Gasteiger partial charge in [0.2, 0.25) is 5.91 Å². The Hall–Kier alpha value is -2.58. The number of nitrogens with zero attached hydrogens (tertiary/aromatic N) is 4. The van der Waals surface area contributed by atoms with Gasteiger partial charge in [-0.3, -0.25) is 9.36 Å². The van der Waals surface area contributed by atoms with Crippen LogP contribution in [0.5, 0.6) is 0 Å². The number of aromatic nitrogens is 4. The number of rotatable bonds is 6. The number of hydrogen-bond acceptors (Lipinski definition) is 5. The number of thiophene rings is 1. The zero-order valence-electron chi connectivity index (χ0n) is 17.0. The van der Waals surface area contributed by atoms with Gasteiger partial charge in [-0.1, -0.05) is 36.0 Å². The molecule has 2 fully saturated rings. The molecule has 1 aromatic carbocycles. The summed E-state index contributed by atoms with van der Waals surface area (Å²) in [6.45, 7) is 0.845. The number of carbonyl (C=O) groups excluding carboxylic acids is 1. The van der Waals surface area contributed by atoms with E-state index in [2.05, 4.69) is 54.3 Å². The lowest BCUT2D eigenvalue weighted by Crippen LogP contribution is -2.31. The van der Waals surface area contributed by atoms with Crippen molar-refractivity contribution in [3.63, 3.8) is 0 Å². The van der Waals surface area contributed by atoms with Crippen LogP contribution in [-0.2, 0) is 4.79 Å². The highest BCUT2D eigenvalue weighted by Gasteiger charge is 2.33. The van der Waals surface area contributed by atoms with Gasteiger partial charge in [0.15, 0.2) is 11.0 Å². The molecule has 6 rings (SSSR count). The Kier molecular flexibility index (Phi) is 4.84. The van der Waals surface area contributed by atoms with E-state index in [1.54, 1.807) is 11.3 Å². The molecule has 4 heterocycles. The number of H-pyrrole nitrogens is 1. The molecule has 2 aliphatic rings. The summed E-state index contributed by atoms with van der Waals surface area (Å²) >= 11 is 3.27. The predicted molar refractivity (Wildman–Crippen MR) is 124 cm³/mol. The maximum absolute atomic E-state index is 13.1. The predicted octanol–water partition coefficient (Wildman–Crippen LogP) is 5.28. The minimum atomic E-state index is 0.194. The van der Waals surface area contributed by atoms with Gasteiger partial charge in [0.25, 0.3) is 0 Å². The zero-order valence-corrected chi connectivity index (χ0v) is 18.7. The maximum atomic E-state index is 13.1. The van der Waals surface area contributed by atoms with Crippen molar-refractivity contribution in [2.24, 2.45) is 0 Å². The first-order chi connectivity index (χ1) is 15.3. The monoisotopic (exact) mass is 449 g/mol. The van der Waals surface area contributed by atoms with Crippen molar-refractivity contribution >= 4 is 39.9 Å². The van der Waals surface area contributed by atoms with Gasteiger partial charge in [0.05, 0.1) is 11.8 Å². The molecule has 1 aliphatic heterocycles. The number of aromatic amines is 1. The smallest absolute Gasteiger partial charge is 0.233 e. The van der Waals surface area contributed by atoms with E-state index in [0.29, 0.717) is 11.8 Å². The largest absolute Gasteiger partial charge is 0.360 e. The molecule has 4 aromatic rings. The van der Waals surface area contributed by atoms with E-state index >= 15 is 0 Å². The van der Waals surface area contributed by atoms with Crippen molar-refractivity contribution in [2.75, 3.05) is 12.3 Å². The molecular formula is C23H23N5OS2. The number of benzene rings is 1. The van der Waals surface area contributed by atoms with Crippen molar-refractivity contribution in [1.82, 2.24) is 24.6 Å². The number of para-hydroxylation sites is 1. The van der Waals surface area contributed by atoms with Gasteiger partial charge >= 0.3 is 0 Å². The van der Waals surface area contributed by atoms with Crippen LogP contribution in [0.4, 0.5) is 0 Å². The summed E-state index contributed by atoms with van der Waals surface area (Å²) in [6.07, 6.45) is 6.42. The quantitative estimate of drug-likeness (QED) is 0.407. The molecule has 0 bridgehead atoms. The van der Waals surface area contributed by atoms with Crippen LogP contribution in [0.25, 0.3) is 22.3 Å². The van der Waals surface area contributed by atoms with Crippen molar-refractivity contribution in [3.8, 4) is 11.4 Å². The lowest BCUT2D eigenvalue weighted by atomic mass is 10.1. The number of amides is 1. The molecule has 1 aliphatic carbocycles. The third-order valence-electron chi connectivity index (χ3n) is 6.18. The van der Waals surface area contributed by atoms with E-state index in [9.17, 15) is 4.79 Å². The molecule has 1 saturated heterocycles. The summed E-state index contributed by atoms with van der Waals surface area (Å²) in [6, 6.07) is 13.1. The van der Waals surface area contributed by atoms with Gasteiger partial charge < -0.3 is 9.88 Å². The second kappa shape index (κ2) is 7.84.